The summed E-state index contributed by atoms with van der Waals surface area (Å²) >= 11 is 4.89. The van der Waals surface area contributed by atoms with Gasteiger partial charge in [-0.1, -0.05) is 42.5 Å². The maximum absolute atomic E-state index is 13.9. The summed E-state index contributed by atoms with van der Waals surface area (Å²) < 4.78 is 46.6. The molecule has 0 aliphatic carbocycles. The number of halogens is 3. The van der Waals surface area contributed by atoms with Crippen LogP contribution in [0.5, 0.6) is 5.75 Å². The molecule has 0 saturated carbocycles. The normalized spacial score (nSPS) is 24.8. The van der Waals surface area contributed by atoms with E-state index in [1.807, 2.05) is 5.32 Å². The minimum absolute atomic E-state index is 0.0464. The van der Waals surface area contributed by atoms with Crippen LogP contribution < -0.4 is 15.4 Å². The van der Waals surface area contributed by atoms with E-state index >= 15 is 0 Å². The number of thiocarbonyl (C=S) groups is 1. The summed E-state index contributed by atoms with van der Waals surface area (Å²) in [6.45, 7) is 0. The van der Waals surface area contributed by atoms with Crippen molar-refractivity contribution in [2.45, 2.75) is 17.9 Å². The van der Waals surface area contributed by atoms with E-state index in [2.05, 4.69) is 5.32 Å². The fourth-order valence-electron chi connectivity index (χ4n) is 3.21. The number of carbonyl (C=O) groups excluding carboxylic acids is 1. The van der Waals surface area contributed by atoms with Gasteiger partial charge in [0.2, 0.25) is 5.72 Å². The highest BCUT2D eigenvalue weighted by Crippen LogP contribution is 2.44. The predicted molar refractivity (Wildman–Crippen MR) is 99.9 cm³/mol. The van der Waals surface area contributed by atoms with Gasteiger partial charge >= 0.3 is 6.18 Å². The number of carbonyl (C=O) groups is 1. The molecule has 9 heteroatoms. The predicted octanol–water partition coefficient (Wildman–Crippen LogP) is 2.96. The number of hydrogen-bond donors (Lipinski definition) is 3. The van der Waals surface area contributed by atoms with Crippen molar-refractivity contribution >= 4 is 23.1 Å². The highest BCUT2D eigenvalue weighted by atomic mass is 32.1. The van der Waals surface area contributed by atoms with Crippen molar-refractivity contribution < 1.29 is 27.8 Å². The van der Waals surface area contributed by atoms with Crippen LogP contribution in [0.25, 0.3) is 0 Å². The van der Waals surface area contributed by atoms with Gasteiger partial charge in [0.1, 0.15) is 11.7 Å². The third-order valence-electron chi connectivity index (χ3n) is 4.62. The summed E-state index contributed by atoms with van der Waals surface area (Å²) in [6, 6.07) is 12.5. The van der Waals surface area contributed by atoms with E-state index < -0.39 is 34.8 Å². The van der Waals surface area contributed by atoms with Gasteiger partial charge in [0.15, 0.2) is 10.9 Å². The summed E-state index contributed by atoms with van der Waals surface area (Å²) in [5.74, 6) is -2.30. The minimum Gasteiger partial charge on any atom is -0.497 e. The fourth-order valence-corrected chi connectivity index (χ4v) is 3.49. The number of methoxy groups -OCH3 is 1. The first-order valence-corrected chi connectivity index (χ1v) is 8.69. The first-order chi connectivity index (χ1) is 13.2. The van der Waals surface area contributed by atoms with Gasteiger partial charge in [-0.2, -0.15) is 13.2 Å². The van der Waals surface area contributed by atoms with Crippen molar-refractivity contribution in [3.63, 3.8) is 0 Å². The number of Topliss-reactive ketones (excluding diaryl/α,β-unsaturated/α-hetero) is 1. The average Bonchev–Trinajstić information content (AvgIpc) is 2.67. The van der Waals surface area contributed by atoms with Crippen molar-refractivity contribution in [1.29, 1.82) is 0 Å². The number of rotatable bonds is 4. The lowest BCUT2D eigenvalue weighted by molar-refractivity contribution is -0.285. The van der Waals surface area contributed by atoms with Crippen LogP contribution in [0, 0.1) is 5.92 Å². The fraction of sp³-hybridized carbons (Fsp3) is 0.263. The Hall–Kier alpha value is -2.65. The highest BCUT2D eigenvalue weighted by molar-refractivity contribution is 7.80. The Morgan fingerprint density at radius 1 is 1.14 bits per heavy atom. The SMILES string of the molecule is COc1ccc([C@H]2NC(=S)N[C@](O)(C(F)(F)F)[C@@H]2C(=O)c2ccccc2)cc1. The molecule has 28 heavy (non-hydrogen) atoms. The van der Waals surface area contributed by atoms with E-state index in [1.165, 1.54) is 43.5 Å². The Bertz CT molecular complexity index is 874. The molecule has 0 bridgehead atoms. The molecule has 1 saturated heterocycles. The molecule has 0 aromatic heterocycles. The standard InChI is InChI=1S/C19H17F3N2O3S/c1-27-13-9-7-11(8-10-13)15-14(16(25)12-5-3-2-4-6-12)18(26,19(20,21)22)24-17(28)23-15/h2-10,14-15,26H,1H3,(H2,23,24,28)/t14-,15+,18+/m0/s1. The van der Waals surface area contributed by atoms with E-state index in [-0.39, 0.29) is 5.56 Å². The molecule has 0 spiro atoms. The molecule has 1 fully saturated rings. The van der Waals surface area contributed by atoms with Crippen molar-refractivity contribution in [3.05, 3.63) is 65.7 Å². The van der Waals surface area contributed by atoms with Gasteiger partial charge in [0.25, 0.3) is 0 Å². The number of alkyl halides is 3. The Kier molecular flexibility index (Phi) is 5.31. The lowest BCUT2D eigenvalue weighted by atomic mass is 9.77. The minimum atomic E-state index is -5.15. The Balaban J connectivity index is 2.13. The van der Waals surface area contributed by atoms with Gasteiger partial charge in [-0.25, -0.2) is 0 Å². The topological polar surface area (TPSA) is 70.6 Å². The highest BCUT2D eigenvalue weighted by Gasteiger charge is 2.65. The summed E-state index contributed by atoms with van der Waals surface area (Å²) in [6.07, 6.45) is -5.15. The average molecular weight is 410 g/mol. The quantitative estimate of drug-likeness (QED) is 0.532. The number of ketones is 1. The largest absolute Gasteiger partial charge is 0.497 e. The second-order valence-electron chi connectivity index (χ2n) is 6.32. The van der Waals surface area contributed by atoms with Crippen LogP contribution in [0.3, 0.4) is 0 Å². The number of nitrogens with one attached hydrogen (secondary N) is 2. The van der Waals surface area contributed by atoms with E-state index in [9.17, 15) is 23.1 Å². The first-order valence-electron chi connectivity index (χ1n) is 8.28. The van der Waals surface area contributed by atoms with Crippen LogP contribution in [-0.2, 0) is 0 Å². The van der Waals surface area contributed by atoms with Gasteiger partial charge in [0.05, 0.1) is 13.2 Å². The maximum atomic E-state index is 13.9. The third-order valence-corrected chi connectivity index (χ3v) is 4.84. The number of benzene rings is 2. The molecule has 3 N–H and O–H groups in total. The first kappa shape index (κ1) is 20.1. The Labute approximate surface area is 164 Å². The molecule has 148 valence electrons. The van der Waals surface area contributed by atoms with Gasteiger partial charge in [-0.3, -0.25) is 4.79 Å². The van der Waals surface area contributed by atoms with Crippen molar-refractivity contribution in [2.75, 3.05) is 7.11 Å². The Morgan fingerprint density at radius 3 is 2.29 bits per heavy atom. The molecule has 2 aromatic rings. The molecule has 1 aliphatic heterocycles. The molecular formula is C19H17F3N2O3S. The molecule has 2 aromatic carbocycles. The molecular weight excluding hydrogens is 393 g/mol. The number of hydrogen-bond acceptors (Lipinski definition) is 4. The molecule has 3 rings (SSSR count). The van der Waals surface area contributed by atoms with E-state index in [0.29, 0.717) is 11.3 Å². The molecule has 0 radical (unpaired) electrons. The lowest BCUT2D eigenvalue weighted by Crippen LogP contribution is -2.72. The van der Waals surface area contributed by atoms with Crippen LogP contribution in [-0.4, -0.2) is 35.0 Å². The van der Waals surface area contributed by atoms with Crippen LogP contribution >= 0.6 is 12.2 Å². The molecule has 5 nitrogen and oxygen atoms in total. The molecule has 3 atom stereocenters. The monoisotopic (exact) mass is 410 g/mol. The molecule has 1 aliphatic rings. The summed E-state index contributed by atoms with van der Waals surface area (Å²) in [5, 5.41) is 14.7. The Morgan fingerprint density at radius 2 is 1.75 bits per heavy atom. The van der Waals surface area contributed by atoms with E-state index in [0.717, 1.165) is 0 Å². The zero-order chi connectivity index (χ0) is 20.5. The molecule has 0 unspecified atom stereocenters. The van der Waals surface area contributed by atoms with E-state index in [1.54, 1.807) is 18.2 Å². The number of aliphatic hydroxyl groups is 1. The van der Waals surface area contributed by atoms with Crippen LogP contribution in [0.1, 0.15) is 22.0 Å². The van der Waals surface area contributed by atoms with Gasteiger partial charge in [0, 0.05) is 5.56 Å². The van der Waals surface area contributed by atoms with Crippen LogP contribution in [0.15, 0.2) is 54.6 Å². The van der Waals surface area contributed by atoms with Crippen LogP contribution in [0.4, 0.5) is 13.2 Å². The second-order valence-corrected chi connectivity index (χ2v) is 6.73. The van der Waals surface area contributed by atoms with E-state index in [4.69, 9.17) is 17.0 Å². The zero-order valence-electron chi connectivity index (χ0n) is 14.7. The summed E-state index contributed by atoms with van der Waals surface area (Å²) in [5.41, 5.74) is -3.14. The maximum Gasteiger partial charge on any atom is 0.437 e. The van der Waals surface area contributed by atoms with Gasteiger partial charge in [-0.05, 0) is 29.9 Å². The van der Waals surface area contributed by atoms with Crippen molar-refractivity contribution in [3.8, 4) is 5.75 Å². The number of ether oxygens (including phenoxy) is 1. The second kappa shape index (κ2) is 7.40. The summed E-state index contributed by atoms with van der Waals surface area (Å²) in [7, 11) is 1.46. The molecule has 0 amide bonds. The van der Waals surface area contributed by atoms with Gasteiger partial charge in [-0.15, -0.1) is 0 Å². The smallest absolute Gasteiger partial charge is 0.437 e. The zero-order valence-corrected chi connectivity index (χ0v) is 15.5. The molecule has 1 heterocycles. The third kappa shape index (κ3) is 3.55. The van der Waals surface area contributed by atoms with Crippen molar-refractivity contribution in [2.24, 2.45) is 5.92 Å². The van der Waals surface area contributed by atoms with Crippen molar-refractivity contribution in [1.82, 2.24) is 10.6 Å². The lowest BCUT2D eigenvalue weighted by Gasteiger charge is -2.46. The summed E-state index contributed by atoms with van der Waals surface area (Å²) in [4.78, 5) is 13.1. The van der Waals surface area contributed by atoms with Gasteiger partial charge < -0.3 is 20.5 Å². The van der Waals surface area contributed by atoms with Crippen LogP contribution in [0.2, 0.25) is 0 Å².